The van der Waals surface area contributed by atoms with Gasteiger partial charge in [0.25, 0.3) is 0 Å². The molecule has 4 aliphatic heterocycles. The molecule has 4 saturated heterocycles. The van der Waals surface area contributed by atoms with Crippen LogP contribution >= 0.6 is 24.9 Å². The molecule has 0 aromatic carbocycles. The van der Waals surface area contributed by atoms with Gasteiger partial charge in [-0.25, -0.2) is 0 Å². The highest BCUT2D eigenvalue weighted by molar-refractivity contribution is 7.43. The maximum atomic E-state index is 10.3. The third-order valence-electron chi connectivity index (χ3n) is 7.93. The fourth-order valence-electron chi connectivity index (χ4n) is 4.93. The van der Waals surface area contributed by atoms with Gasteiger partial charge in [-0.1, -0.05) is 6.64 Å². The quantitative estimate of drug-likeness (QED) is 0.101. The van der Waals surface area contributed by atoms with Gasteiger partial charge in [0.2, 0.25) is 0 Å². The Balaban J connectivity index is 0.000000814. The first-order valence-electron chi connectivity index (χ1n) is 16.8. The smallest absolute Gasteiger partial charge is 0.191 e. The third kappa shape index (κ3) is 17.9. The molecule has 0 bridgehead atoms. The van der Waals surface area contributed by atoms with Crippen LogP contribution in [-0.2, 0) is 37.3 Å². The van der Waals surface area contributed by atoms with Crippen LogP contribution in [0, 0.1) is 0 Å². The summed E-state index contributed by atoms with van der Waals surface area (Å²) in [6.45, 7) is -2.20. The highest BCUT2D eigenvalue weighted by Gasteiger charge is 2.50. The summed E-state index contributed by atoms with van der Waals surface area (Å²) in [7, 11) is -8.31. The lowest BCUT2D eigenvalue weighted by Gasteiger charge is -2.45. The molecule has 4 aliphatic rings. The van der Waals surface area contributed by atoms with Crippen LogP contribution in [0.1, 0.15) is 1.37 Å². The predicted octanol–water partition coefficient (Wildman–Crippen LogP) is -14.7. The Morgan fingerprint density at radius 3 is 1.17 bits per heavy atom. The monoisotopic (exact) mass is 925 g/mol. The average Bonchev–Trinajstić information content (AvgIpc) is 3.15. The topological polar surface area (TPSA) is 546 Å². The molecule has 0 aromatic heterocycles. The van der Waals surface area contributed by atoms with E-state index in [-0.39, 0.29) is 0 Å². The van der Waals surface area contributed by atoms with E-state index >= 15 is 0 Å². The molecular formula is C25H51O30P3-4. The number of hydrogen-bond donors (Lipinski definition) is 18. The van der Waals surface area contributed by atoms with Crippen molar-refractivity contribution in [2.45, 2.75) is 123 Å². The lowest BCUT2D eigenvalue weighted by molar-refractivity contribution is -0.368. The van der Waals surface area contributed by atoms with Crippen molar-refractivity contribution in [1.82, 2.24) is 0 Å². The van der Waals surface area contributed by atoms with Crippen molar-refractivity contribution in [3.63, 3.8) is 0 Å². The van der Waals surface area contributed by atoms with Crippen LogP contribution in [0.2, 0.25) is 0 Å². The molecule has 0 aromatic rings. The number of phosphoric acid groups is 2. The number of aliphatic hydroxyl groups excluding tert-OH is 17. The predicted molar refractivity (Wildman–Crippen MR) is 173 cm³/mol. The van der Waals surface area contributed by atoms with Crippen molar-refractivity contribution in [1.29, 1.82) is 0 Å². The Bertz CT molecular complexity index is 1220. The Morgan fingerprint density at radius 2 is 0.810 bits per heavy atom. The minimum absolute atomic E-state index is 0.417. The van der Waals surface area contributed by atoms with Crippen molar-refractivity contribution in [2.24, 2.45) is 0 Å². The van der Waals surface area contributed by atoms with Crippen LogP contribution in [0.25, 0.3) is 0 Å². The van der Waals surface area contributed by atoms with Crippen LogP contribution in [-0.4, -0.2) is 248 Å². The summed E-state index contributed by atoms with van der Waals surface area (Å²) in [5, 5.41) is 158. The molecule has 58 heavy (non-hydrogen) atoms. The van der Waals surface area contributed by atoms with E-state index in [1.165, 1.54) is 0 Å². The van der Waals surface area contributed by atoms with Gasteiger partial charge in [-0.3, -0.25) is 0 Å². The largest absolute Gasteiger partial charge is 0.790 e. The summed E-state index contributed by atoms with van der Waals surface area (Å²) in [6, 6.07) is 0. The highest BCUT2D eigenvalue weighted by atomic mass is 31.2. The van der Waals surface area contributed by atoms with Crippen LogP contribution in [0.5, 0.6) is 0 Å². The van der Waals surface area contributed by atoms with Crippen LogP contribution in [0.3, 0.4) is 0 Å². The first kappa shape index (κ1) is 55.8. The summed E-state index contributed by atoms with van der Waals surface area (Å²) >= 11 is 0. The second kappa shape index (κ2) is 26.4. The van der Waals surface area contributed by atoms with Crippen molar-refractivity contribution >= 4 is 24.9 Å². The molecule has 4 heterocycles. The number of rotatable bonds is 8. The molecule has 0 aliphatic carbocycles. The normalized spacial score (nSPS) is 43.3. The Morgan fingerprint density at radius 1 is 0.517 bits per heavy atom. The molecule has 21 unspecified atom stereocenters. The van der Waals surface area contributed by atoms with E-state index in [9.17, 15) is 65.4 Å². The maximum Gasteiger partial charge on any atom is 0.191 e. The molecule has 33 heteroatoms. The molecule has 350 valence electrons. The third-order valence-corrected chi connectivity index (χ3v) is 8.39. The second-order valence-electron chi connectivity index (χ2n) is 12.0. The zero-order valence-electron chi connectivity index (χ0n) is 30.5. The minimum atomic E-state index is -5.41. The summed E-state index contributed by atoms with van der Waals surface area (Å²) in [5.41, 5.74) is 0. The van der Waals surface area contributed by atoms with E-state index in [1.807, 2.05) is 0 Å². The average molecular weight is 926 g/mol. The molecule has 18 N–H and O–H groups in total. The first-order valence-corrected chi connectivity index (χ1v) is 19.8. The van der Waals surface area contributed by atoms with E-state index in [1.54, 1.807) is 0 Å². The van der Waals surface area contributed by atoms with Gasteiger partial charge in [-0.15, -0.1) is 9.24 Å². The summed E-state index contributed by atoms with van der Waals surface area (Å²) in [5.74, 6) is 0. The molecule has 4 rings (SSSR count). The van der Waals surface area contributed by atoms with Gasteiger partial charge in [0, 0.05) is 1.37 Å². The fourth-order valence-corrected chi connectivity index (χ4v) is 5.36. The molecule has 0 amide bonds. The number of ether oxygens (including phenoxy) is 5. The molecule has 0 saturated carbocycles. The second-order valence-corrected chi connectivity index (χ2v) is 14.0. The molecule has 0 radical (unpaired) electrons. The lowest BCUT2D eigenvalue weighted by Crippen LogP contribution is -2.64. The summed E-state index contributed by atoms with van der Waals surface area (Å²) in [4.78, 5) is 44.8. The van der Waals surface area contributed by atoms with Crippen LogP contribution < -0.4 is 19.6 Å². The molecule has 30 nitrogen and oxygen atoms in total. The zero-order valence-corrected chi connectivity index (χ0v) is 32.4. The highest BCUT2D eigenvalue weighted by Crippen LogP contribution is 2.33. The SMILES string of the molecule is O=P([O-])([O-])O.O=P([O-])([O-])OC1OC(CO)C(O)C(O)C1O.OCC1OC(O)C(O)C(O)C1O.OCC1OC(OC2C(CO)OC(O)C(O)C2O)C(O)C(O)C1O.[2H]CP. The van der Waals surface area contributed by atoms with Gasteiger partial charge in [0.15, 0.2) is 25.2 Å². The van der Waals surface area contributed by atoms with Crippen LogP contribution in [0.4, 0.5) is 0 Å². The molecular weight excluding hydrogens is 873 g/mol. The number of hydrogen-bond acceptors (Lipinski definition) is 29. The van der Waals surface area contributed by atoms with Gasteiger partial charge >= 0.3 is 0 Å². The van der Waals surface area contributed by atoms with Crippen molar-refractivity contribution in [2.75, 3.05) is 33.1 Å². The van der Waals surface area contributed by atoms with Gasteiger partial charge in [0.1, 0.15) is 97.7 Å². The Hall–Kier alpha value is -0.230. The van der Waals surface area contributed by atoms with Gasteiger partial charge < -0.3 is 149 Å². The standard InChI is InChI=1S/C12H22O11.C6H13O9P.C6H12O6.CH5P.H3O4P/c13-1-3-5(15)6(16)9(19)12(22-3)23-10-4(2-14)21-11(20)8(18)7(10)17;7-1-2-3(8)4(9)5(10)6(14-2)15-16(11,12)13;7-1-2-3(8)4(9)5(10)6(11)12-2;1-2;1-5(2,3)4/h3-20H,1-2H2;2-10H,1H2,(H2,11,12,13);2-11H,1H2;2H2,1H3;(H3,1,2,3,4)/p-4/i;;;1D;. The summed E-state index contributed by atoms with van der Waals surface area (Å²) < 4.78 is 53.4. The number of phosphoric ester groups is 1. The van der Waals surface area contributed by atoms with E-state index in [0.29, 0.717) is 6.64 Å². The van der Waals surface area contributed by atoms with Gasteiger partial charge in [-0.05, 0) is 0 Å². The van der Waals surface area contributed by atoms with Crippen molar-refractivity contribution in [3.8, 4) is 0 Å². The Labute approximate surface area is 330 Å². The molecule has 21 atom stereocenters. The Kier molecular flexibility index (Phi) is 25.4. The zero-order chi connectivity index (χ0) is 46.3. The number of aliphatic hydroxyl groups is 17. The first-order chi connectivity index (χ1) is 27.1. The lowest BCUT2D eigenvalue weighted by atomic mass is 9.97. The summed E-state index contributed by atoms with van der Waals surface area (Å²) in [6.07, 6.45) is -31.2. The fraction of sp³-hybridized carbons (Fsp3) is 1.00. The maximum absolute atomic E-state index is 10.3. The van der Waals surface area contributed by atoms with E-state index in [2.05, 4.69) is 23.2 Å². The van der Waals surface area contributed by atoms with E-state index < -0.39 is 165 Å². The van der Waals surface area contributed by atoms with Crippen molar-refractivity contribution < 1.29 is 150 Å². The minimum Gasteiger partial charge on any atom is -0.790 e. The molecule has 4 fully saturated rings. The molecule has 0 spiro atoms. The van der Waals surface area contributed by atoms with E-state index in [0.717, 1.165) is 0 Å². The van der Waals surface area contributed by atoms with Gasteiger partial charge in [0.05, 0.1) is 42.1 Å². The van der Waals surface area contributed by atoms with Crippen molar-refractivity contribution in [3.05, 3.63) is 0 Å². The van der Waals surface area contributed by atoms with E-state index in [4.69, 9.17) is 70.6 Å². The van der Waals surface area contributed by atoms with Crippen LogP contribution in [0.15, 0.2) is 0 Å². The van der Waals surface area contributed by atoms with Gasteiger partial charge in [-0.2, -0.15) is 0 Å².